The summed E-state index contributed by atoms with van der Waals surface area (Å²) in [6.45, 7) is 2.71. The Balaban J connectivity index is 1.58. The van der Waals surface area contributed by atoms with E-state index < -0.39 is 28.5 Å². The number of carbonyl (C=O) groups excluding carboxylic acids is 2. The van der Waals surface area contributed by atoms with Crippen molar-refractivity contribution < 1.29 is 22.7 Å². The van der Waals surface area contributed by atoms with Gasteiger partial charge < -0.3 is 10.1 Å². The van der Waals surface area contributed by atoms with Crippen molar-refractivity contribution in [3.05, 3.63) is 51.7 Å². The highest BCUT2D eigenvalue weighted by Gasteiger charge is 2.32. The molecule has 28 heavy (non-hydrogen) atoms. The Labute approximate surface area is 168 Å². The van der Waals surface area contributed by atoms with E-state index in [2.05, 4.69) is 5.32 Å². The number of rotatable bonds is 7. The molecule has 1 saturated heterocycles. The summed E-state index contributed by atoms with van der Waals surface area (Å²) in [6, 6.07) is 9.06. The van der Waals surface area contributed by atoms with E-state index >= 15 is 0 Å². The van der Waals surface area contributed by atoms with E-state index in [-0.39, 0.29) is 9.77 Å². The van der Waals surface area contributed by atoms with E-state index in [4.69, 9.17) is 4.74 Å². The highest BCUT2D eigenvalue weighted by atomic mass is 32.2. The molecule has 7 nitrogen and oxygen atoms in total. The molecule has 2 heterocycles. The lowest BCUT2D eigenvalue weighted by Crippen LogP contribution is -2.30. The molecule has 0 spiro atoms. The summed E-state index contributed by atoms with van der Waals surface area (Å²) in [5, 5.41) is 4.23. The second-order valence-corrected chi connectivity index (χ2v) is 9.33. The molecular formula is C19H22N2O5S2. The minimum Gasteiger partial charge on any atom is -0.451 e. The number of amides is 1. The van der Waals surface area contributed by atoms with E-state index in [0.29, 0.717) is 19.6 Å². The maximum Gasteiger partial charge on any atom is 0.350 e. The molecule has 1 aromatic carbocycles. The van der Waals surface area contributed by atoms with Crippen LogP contribution in [0, 0.1) is 6.92 Å². The lowest BCUT2D eigenvalue weighted by molar-refractivity contribution is -0.124. The predicted molar refractivity (Wildman–Crippen MR) is 106 cm³/mol. The molecule has 0 radical (unpaired) electrons. The van der Waals surface area contributed by atoms with Crippen molar-refractivity contribution in [2.75, 3.05) is 19.7 Å². The molecule has 1 aromatic heterocycles. The molecule has 2 aromatic rings. The zero-order chi connectivity index (χ0) is 20.1. The number of nitrogens with zero attached hydrogens (tertiary/aromatic N) is 1. The summed E-state index contributed by atoms with van der Waals surface area (Å²) < 4.78 is 31.8. The van der Waals surface area contributed by atoms with Gasteiger partial charge in [0.2, 0.25) is 10.0 Å². The van der Waals surface area contributed by atoms with Gasteiger partial charge in [-0.25, -0.2) is 13.2 Å². The van der Waals surface area contributed by atoms with Gasteiger partial charge in [0.1, 0.15) is 9.77 Å². The maximum atomic E-state index is 12.7. The first kappa shape index (κ1) is 20.5. The van der Waals surface area contributed by atoms with Gasteiger partial charge in [-0.3, -0.25) is 4.79 Å². The summed E-state index contributed by atoms with van der Waals surface area (Å²) >= 11 is 0.995. The zero-order valence-electron chi connectivity index (χ0n) is 15.5. The summed E-state index contributed by atoms with van der Waals surface area (Å²) in [5.74, 6) is -1.25. The fourth-order valence-corrected chi connectivity index (χ4v) is 5.77. The largest absolute Gasteiger partial charge is 0.451 e. The number of thiophene rings is 1. The third-order valence-corrected chi connectivity index (χ3v) is 7.53. The first-order valence-electron chi connectivity index (χ1n) is 8.95. The Morgan fingerprint density at radius 3 is 2.61 bits per heavy atom. The van der Waals surface area contributed by atoms with Gasteiger partial charge in [0.05, 0.1) is 0 Å². The van der Waals surface area contributed by atoms with Crippen molar-refractivity contribution in [1.29, 1.82) is 0 Å². The van der Waals surface area contributed by atoms with Crippen molar-refractivity contribution >= 4 is 33.2 Å². The average Bonchev–Trinajstić information content (AvgIpc) is 3.37. The summed E-state index contributed by atoms with van der Waals surface area (Å²) in [6.07, 6.45) is 1.62. The monoisotopic (exact) mass is 422 g/mol. The number of ether oxygens (including phenoxy) is 1. The van der Waals surface area contributed by atoms with Gasteiger partial charge in [-0.05, 0) is 42.3 Å². The average molecular weight is 423 g/mol. The standard InChI is InChI=1S/C19H22N2O5S2/c1-14-6-2-3-7-15(14)12-20-17(22)13-26-19(23)18-16(8-11-27-18)28(24,25)21-9-4-5-10-21/h2-3,6-8,11H,4-5,9-10,12-13H2,1H3,(H,20,22). The summed E-state index contributed by atoms with van der Waals surface area (Å²) in [4.78, 5) is 24.3. The van der Waals surface area contributed by atoms with Gasteiger partial charge in [0.25, 0.3) is 5.91 Å². The third-order valence-electron chi connectivity index (χ3n) is 4.57. The maximum absolute atomic E-state index is 12.7. The quantitative estimate of drug-likeness (QED) is 0.691. The molecule has 0 saturated carbocycles. The van der Waals surface area contributed by atoms with Crippen LogP contribution in [0.25, 0.3) is 0 Å². The topological polar surface area (TPSA) is 92.8 Å². The Morgan fingerprint density at radius 2 is 1.89 bits per heavy atom. The van der Waals surface area contributed by atoms with Crippen LogP contribution >= 0.6 is 11.3 Å². The number of benzene rings is 1. The smallest absolute Gasteiger partial charge is 0.350 e. The second-order valence-electron chi connectivity index (χ2n) is 6.50. The van der Waals surface area contributed by atoms with Crippen LogP contribution in [0.3, 0.4) is 0 Å². The molecule has 0 unspecified atom stereocenters. The predicted octanol–water partition coefficient (Wildman–Crippen LogP) is 2.31. The highest BCUT2D eigenvalue weighted by Crippen LogP contribution is 2.28. The fraction of sp³-hybridized carbons (Fsp3) is 0.368. The number of hydrogen-bond donors (Lipinski definition) is 1. The van der Waals surface area contributed by atoms with E-state index in [1.807, 2.05) is 31.2 Å². The Morgan fingerprint density at radius 1 is 1.18 bits per heavy atom. The zero-order valence-corrected chi connectivity index (χ0v) is 17.1. The molecule has 1 N–H and O–H groups in total. The second kappa shape index (κ2) is 8.85. The number of sulfonamides is 1. The number of carbonyl (C=O) groups is 2. The van der Waals surface area contributed by atoms with Crippen molar-refractivity contribution in [2.45, 2.75) is 31.2 Å². The molecule has 0 atom stereocenters. The Hall–Kier alpha value is -2.23. The SMILES string of the molecule is Cc1ccccc1CNC(=O)COC(=O)c1sccc1S(=O)(=O)N1CCCC1. The van der Waals surface area contributed by atoms with Gasteiger partial charge in [0, 0.05) is 19.6 Å². The molecule has 0 bridgehead atoms. The van der Waals surface area contributed by atoms with Crippen molar-refractivity contribution in [2.24, 2.45) is 0 Å². The van der Waals surface area contributed by atoms with E-state index in [9.17, 15) is 18.0 Å². The van der Waals surface area contributed by atoms with Crippen LogP contribution in [-0.4, -0.2) is 44.3 Å². The molecule has 3 rings (SSSR count). The van der Waals surface area contributed by atoms with E-state index in [1.165, 1.54) is 15.8 Å². The van der Waals surface area contributed by atoms with Crippen LogP contribution in [0.2, 0.25) is 0 Å². The minimum absolute atomic E-state index is 0.00129. The van der Waals surface area contributed by atoms with Crippen LogP contribution in [0.4, 0.5) is 0 Å². The molecule has 1 amide bonds. The van der Waals surface area contributed by atoms with Crippen molar-refractivity contribution in [3.63, 3.8) is 0 Å². The number of hydrogen-bond acceptors (Lipinski definition) is 6. The normalized spacial score (nSPS) is 14.8. The van der Waals surface area contributed by atoms with E-state index in [1.54, 1.807) is 0 Å². The summed E-state index contributed by atoms with van der Waals surface area (Å²) in [7, 11) is -3.72. The highest BCUT2D eigenvalue weighted by molar-refractivity contribution is 7.89. The van der Waals surface area contributed by atoms with Crippen molar-refractivity contribution in [1.82, 2.24) is 9.62 Å². The first-order chi connectivity index (χ1) is 13.4. The molecule has 1 aliphatic rings. The van der Waals surface area contributed by atoms with Crippen LogP contribution in [0.1, 0.15) is 33.6 Å². The van der Waals surface area contributed by atoms with Gasteiger partial charge in [-0.15, -0.1) is 11.3 Å². The lowest BCUT2D eigenvalue weighted by atomic mass is 10.1. The van der Waals surface area contributed by atoms with Crippen molar-refractivity contribution in [3.8, 4) is 0 Å². The first-order valence-corrected chi connectivity index (χ1v) is 11.3. The van der Waals surface area contributed by atoms with Gasteiger partial charge in [-0.1, -0.05) is 24.3 Å². The lowest BCUT2D eigenvalue weighted by Gasteiger charge is -2.15. The fourth-order valence-electron chi connectivity index (χ4n) is 2.97. The Kier molecular flexibility index (Phi) is 6.48. The molecule has 0 aliphatic carbocycles. The number of esters is 1. The molecule has 150 valence electrons. The van der Waals surface area contributed by atoms with Crippen LogP contribution in [0.15, 0.2) is 40.6 Å². The minimum atomic E-state index is -3.72. The number of aryl methyl sites for hydroxylation is 1. The van der Waals surface area contributed by atoms with E-state index in [0.717, 1.165) is 35.3 Å². The van der Waals surface area contributed by atoms with Gasteiger partial charge in [0.15, 0.2) is 6.61 Å². The van der Waals surface area contributed by atoms with Crippen LogP contribution < -0.4 is 5.32 Å². The van der Waals surface area contributed by atoms with Gasteiger partial charge in [-0.2, -0.15) is 4.31 Å². The van der Waals surface area contributed by atoms with Crippen LogP contribution in [-0.2, 0) is 26.1 Å². The third kappa shape index (κ3) is 4.60. The molecular weight excluding hydrogens is 400 g/mol. The molecule has 1 aliphatic heterocycles. The summed E-state index contributed by atoms with van der Waals surface area (Å²) in [5.41, 5.74) is 2.02. The molecule has 1 fully saturated rings. The molecule has 9 heteroatoms. The van der Waals surface area contributed by atoms with Crippen LogP contribution in [0.5, 0.6) is 0 Å². The Bertz CT molecular complexity index is 962. The van der Waals surface area contributed by atoms with Gasteiger partial charge >= 0.3 is 5.97 Å². The number of nitrogens with one attached hydrogen (secondary N) is 1.